The normalized spacial score (nSPS) is 9.96. The van der Waals surface area contributed by atoms with Crippen LogP contribution < -0.4 is 16.0 Å². The number of carbonyl (C=O) groups is 3. The molecule has 0 aliphatic carbocycles. The Balaban J connectivity index is 1.69. The van der Waals surface area contributed by atoms with E-state index in [4.69, 9.17) is 0 Å². The molecule has 1 heterocycles. The number of aryl methyl sites for hydroxylation is 1. The van der Waals surface area contributed by atoms with Gasteiger partial charge < -0.3 is 16.0 Å². The van der Waals surface area contributed by atoms with Gasteiger partial charge in [0.1, 0.15) is 0 Å². The summed E-state index contributed by atoms with van der Waals surface area (Å²) in [6.45, 7) is 1.60. The van der Waals surface area contributed by atoms with E-state index in [1.807, 2.05) is 25.1 Å². The molecule has 0 fully saturated rings. The largest absolute Gasteiger partial charge is 0.345 e. The Kier molecular flexibility index (Phi) is 5.87. The Labute approximate surface area is 137 Å². The van der Waals surface area contributed by atoms with E-state index in [0.29, 0.717) is 10.6 Å². The summed E-state index contributed by atoms with van der Waals surface area (Å²) < 4.78 is 0. The predicted molar refractivity (Wildman–Crippen MR) is 89.5 cm³/mol. The van der Waals surface area contributed by atoms with Crippen LogP contribution in [0.25, 0.3) is 0 Å². The van der Waals surface area contributed by atoms with Crippen LogP contribution in [0.2, 0.25) is 0 Å². The molecule has 1 aromatic heterocycles. The van der Waals surface area contributed by atoms with Crippen LogP contribution in [0.3, 0.4) is 0 Å². The third kappa shape index (κ3) is 5.55. The minimum atomic E-state index is -0.422. The lowest BCUT2D eigenvalue weighted by atomic mass is 10.2. The highest BCUT2D eigenvalue weighted by Gasteiger charge is 2.10. The van der Waals surface area contributed by atoms with Crippen molar-refractivity contribution < 1.29 is 14.4 Å². The molecular weight excluding hydrogens is 314 g/mol. The Morgan fingerprint density at radius 3 is 2.48 bits per heavy atom. The highest BCUT2D eigenvalue weighted by molar-refractivity contribution is 7.12. The Hall–Kier alpha value is -2.67. The highest BCUT2D eigenvalue weighted by Crippen LogP contribution is 2.09. The van der Waals surface area contributed by atoms with Crippen LogP contribution in [-0.4, -0.2) is 30.8 Å². The van der Waals surface area contributed by atoms with E-state index in [1.54, 1.807) is 23.6 Å². The number of hydrogen-bond donors (Lipinski definition) is 3. The molecule has 1 aromatic carbocycles. The van der Waals surface area contributed by atoms with E-state index in [0.717, 1.165) is 5.56 Å². The van der Waals surface area contributed by atoms with Crippen molar-refractivity contribution >= 4 is 34.7 Å². The fourth-order valence-electron chi connectivity index (χ4n) is 1.82. The van der Waals surface area contributed by atoms with Crippen molar-refractivity contribution in [3.05, 3.63) is 52.2 Å². The molecule has 2 rings (SSSR count). The van der Waals surface area contributed by atoms with Gasteiger partial charge in [0, 0.05) is 5.69 Å². The third-order valence-electron chi connectivity index (χ3n) is 2.90. The van der Waals surface area contributed by atoms with Crippen LogP contribution >= 0.6 is 11.3 Å². The van der Waals surface area contributed by atoms with E-state index >= 15 is 0 Å². The molecule has 0 bridgehead atoms. The summed E-state index contributed by atoms with van der Waals surface area (Å²) in [6.07, 6.45) is 0. The second-order valence-corrected chi connectivity index (χ2v) is 5.80. The van der Waals surface area contributed by atoms with Crippen molar-refractivity contribution in [2.24, 2.45) is 0 Å². The molecule has 0 spiro atoms. The molecule has 3 N–H and O–H groups in total. The molecule has 0 atom stereocenters. The second kappa shape index (κ2) is 8.09. The van der Waals surface area contributed by atoms with Gasteiger partial charge in [-0.05, 0) is 36.1 Å². The molecule has 0 saturated carbocycles. The average Bonchev–Trinajstić information content (AvgIpc) is 3.05. The molecule has 3 amide bonds. The molecule has 0 aliphatic heterocycles. The van der Waals surface area contributed by atoms with Gasteiger partial charge in [0.05, 0.1) is 18.0 Å². The van der Waals surface area contributed by atoms with Crippen LogP contribution in [0.15, 0.2) is 41.8 Å². The van der Waals surface area contributed by atoms with Crippen molar-refractivity contribution in [2.45, 2.75) is 6.92 Å². The third-order valence-corrected chi connectivity index (χ3v) is 3.77. The number of amides is 3. The number of nitrogens with one attached hydrogen (secondary N) is 3. The van der Waals surface area contributed by atoms with E-state index < -0.39 is 5.91 Å². The minimum absolute atomic E-state index is 0.151. The lowest BCUT2D eigenvalue weighted by molar-refractivity contribution is -0.123. The van der Waals surface area contributed by atoms with E-state index in [2.05, 4.69) is 16.0 Å². The molecule has 0 unspecified atom stereocenters. The first-order valence-corrected chi connectivity index (χ1v) is 7.87. The topological polar surface area (TPSA) is 87.3 Å². The number of carbonyl (C=O) groups excluding carboxylic acids is 3. The lowest BCUT2D eigenvalue weighted by Gasteiger charge is -2.08. The van der Waals surface area contributed by atoms with Gasteiger partial charge in [-0.1, -0.05) is 18.2 Å². The van der Waals surface area contributed by atoms with Gasteiger partial charge in [-0.3, -0.25) is 14.4 Å². The van der Waals surface area contributed by atoms with Gasteiger partial charge in [0.2, 0.25) is 11.8 Å². The fourth-order valence-corrected chi connectivity index (χ4v) is 2.46. The SMILES string of the molecule is Cc1cccc(NC(=O)CNC(=O)CNC(=O)c2cccs2)c1. The number of rotatable bonds is 6. The van der Waals surface area contributed by atoms with Crippen LogP contribution in [0.5, 0.6) is 0 Å². The standard InChI is InChI=1S/C16H17N3O3S/c1-11-4-2-5-12(8-11)19-15(21)10-17-14(20)9-18-16(22)13-6-3-7-23-13/h2-8H,9-10H2,1H3,(H,17,20)(H,18,22)(H,19,21). The zero-order chi connectivity index (χ0) is 16.7. The number of benzene rings is 1. The maximum atomic E-state index is 11.7. The van der Waals surface area contributed by atoms with Crippen LogP contribution in [0.4, 0.5) is 5.69 Å². The molecule has 6 nitrogen and oxygen atoms in total. The summed E-state index contributed by atoms with van der Waals surface area (Å²) >= 11 is 1.30. The maximum absolute atomic E-state index is 11.7. The maximum Gasteiger partial charge on any atom is 0.261 e. The molecule has 0 aliphatic rings. The first-order chi connectivity index (χ1) is 11.0. The Bertz CT molecular complexity index is 698. The number of hydrogen-bond acceptors (Lipinski definition) is 4. The van der Waals surface area contributed by atoms with Gasteiger partial charge in [-0.15, -0.1) is 11.3 Å². The summed E-state index contributed by atoms with van der Waals surface area (Å²) in [5.41, 5.74) is 1.71. The Morgan fingerprint density at radius 1 is 1.00 bits per heavy atom. The monoisotopic (exact) mass is 331 g/mol. The molecule has 2 aromatic rings. The first-order valence-electron chi connectivity index (χ1n) is 6.99. The van der Waals surface area contributed by atoms with Gasteiger partial charge in [-0.2, -0.15) is 0 Å². The predicted octanol–water partition coefficient (Wildman–Crippen LogP) is 1.54. The summed E-state index contributed by atoms with van der Waals surface area (Å²) in [7, 11) is 0. The van der Waals surface area contributed by atoms with Gasteiger partial charge in [0.25, 0.3) is 5.91 Å². The number of thiophene rings is 1. The quantitative estimate of drug-likeness (QED) is 0.750. The van der Waals surface area contributed by atoms with Gasteiger partial charge >= 0.3 is 0 Å². The second-order valence-electron chi connectivity index (χ2n) is 4.85. The van der Waals surface area contributed by atoms with Crippen LogP contribution in [-0.2, 0) is 9.59 Å². The fraction of sp³-hybridized carbons (Fsp3) is 0.188. The highest BCUT2D eigenvalue weighted by atomic mass is 32.1. The molecule has 0 saturated heterocycles. The van der Waals surface area contributed by atoms with Crippen molar-refractivity contribution in [1.82, 2.24) is 10.6 Å². The van der Waals surface area contributed by atoms with E-state index in [-0.39, 0.29) is 24.9 Å². The van der Waals surface area contributed by atoms with Crippen molar-refractivity contribution in [3.63, 3.8) is 0 Å². The molecule has 23 heavy (non-hydrogen) atoms. The average molecular weight is 331 g/mol. The number of anilines is 1. The first kappa shape index (κ1) is 16.7. The van der Waals surface area contributed by atoms with Crippen molar-refractivity contribution in [3.8, 4) is 0 Å². The zero-order valence-corrected chi connectivity index (χ0v) is 13.4. The minimum Gasteiger partial charge on any atom is -0.345 e. The molecule has 7 heteroatoms. The summed E-state index contributed by atoms with van der Waals surface area (Å²) in [6, 6.07) is 10.8. The van der Waals surface area contributed by atoms with Crippen LogP contribution in [0.1, 0.15) is 15.2 Å². The molecular formula is C16H17N3O3S. The molecule has 0 radical (unpaired) electrons. The van der Waals surface area contributed by atoms with Gasteiger partial charge in [-0.25, -0.2) is 0 Å². The van der Waals surface area contributed by atoms with Gasteiger partial charge in [0.15, 0.2) is 0 Å². The van der Waals surface area contributed by atoms with Crippen molar-refractivity contribution in [2.75, 3.05) is 18.4 Å². The summed E-state index contributed by atoms with van der Waals surface area (Å²) in [4.78, 5) is 35.6. The smallest absolute Gasteiger partial charge is 0.261 e. The lowest BCUT2D eigenvalue weighted by Crippen LogP contribution is -2.40. The van der Waals surface area contributed by atoms with Crippen molar-refractivity contribution in [1.29, 1.82) is 0 Å². The summed E-state index contributed by atoms with van der Waals surface area (Å²) in [5.74, 6) is -1.05. The summed E-state index contributed by atoms with van der Waals surface area (Å²) in [5, 5.41) is 9.42. The van der Waals surface area contributed by atoms with Crippen LogP contribution in [0, 0.1) is 6.92 Å². The Morgan fingerprint density at radius 2 is 1.78 bits per heavy atom. The zero-order valence-electron chi connectivity index (χ0n) is 12.6. The van der Waals surface area contributed by atoms with E-state index in [1.165, 1.54) is 11.3 Å². The van der Waals surface area contributed by atoms with E-state index in [9.17, 15) is 14.4 Å². The molecule has 120 valence electrons.